The molecule has 1 aromatic carbocycles. The van der Waals surface area contributed by atoms with Crippen LogP contribution in [0.2, 0.25) is 0 Å². The summed E-state index contributed by atoms with van der Waals surface area (Å²) in [4.78, 5) is 9.05. The standard InChI is InChI=1S/C19H25N3O/c1-15-10-18(11-16(2)20-15)22-9-8-21(13-19(23)14-22)12-17-6-4-3-5-7-17/h3-7,10-11,19,23H,8-9,12-14H2,1-2H3/t19-/m1/s1. The van der Waals surface area contributed by atoms with Crippen molar-refractivity contribution in [3.63, 3.8) is 0 Å². The molecule has 1 aromatic heterocycles. The highest BCUT2D eigenvalue weighted by molar-refractivity contribution is 5.48. The van der Waals surface area contributed by atoms with Gasteiger partial charge in [0.15, 0.2) is 0 Å². The molecule has 0 saturated carbocycles. The number of rotatable bonds is 3. The highest BCUT2D eigenvalue weighted by atomic mass is 16.3. The number of aromatic nitrogens is 1. The van der Waals surface area contributed by atoms with E-state index in [1.54, 1.807) is 0 Å². The molecular formula is C19H25N3O. The first-order valence-corrected chi connectivity index (χ1v) is 8.25. The monoisotopic (exact) mass is 311 g/mol. The molecule has 4 nitrogen and oxygen atoms in total. The lowest BCUT2D eigenvalue weighted by atomic mass is 10.2. The maximum atomic E-state index is 10.4. The maximum Gasteiger partial charge on any atom is 0.0841 e. The molecule has 23 heavy (non-hydrogen) atoms. The van der Waals surface area contributed by atoms with Gasteiger partial charge in [0.2, 0.25) is 0 Å². The van der Waals surface area contributed by atoms with E-state index in [1.165, 1.54) is 5.56 Å². The Bertz CT molecular complexity index is 624. The maximum absolute atomic E-state index is 10.4. The average molecular weight is 311 g/mol. The molecule has 0 aliphatic carbocycles. The Hall–Kier alpha value is -1.91. The Morgan fingerprint density at radius 2 is 1.74 bits per heavy atom. The molecule has 1 atom stereocenters. The van der Waals surface area contributed by atoms with Gasteiger partial charge in [0.25, 0.3) is 0 Å². The van der Waals surface area contributed by atoms with Crippen molar-refractivity contribution in [3.8, 4) is 0 Å². The van der Waals surface area contributed by atoms with E-state index in [4.69, 9.17) is 0 Å². The van der Waals surface area contributed by atoms with E-state index < -0.39 is 0 Å². The number of β-amino-alcohol motifs (C(OH)–C–C–N with tert-alkyl or cyclic N) is 1. The van der Waals surface area contributed by atoms with Crippen LogP contribution in [0.3, 0.4) is 0 Å². The molecule has 0 radical (unpaired) electrons. The van der Waals surface area contributed by atoms with Crippen LogP contribution in [0.5, 0.6) is 0 Å². The van der Waals surface area contributed by atoms with Crippen molar-refractivity contribution in [2.75, 3.05) is 31.1 Å². The van der Waals surface area contributed by atoms with E-state index in [0.717, 1.165) is 36.7 Å². The molecule has 1 fully saturated rings. The fourth-order valence-electron chi connectivity index (χ4n) is 3.27. The van der Waals surface area contributed by atoms with Gasteiger partial charge in [-0.1, -0.05) is 30.3 Å². The van der Waals surface area contributed by atoms with Gasteiger partial charge in [-0.05, 0) is 31.5 Å². The zero-order valence-electron chi connectivity index (χ0n) is 13.9. The Labute approximate surface area is 138 Å². The topological polar surface area (TPSA) is 39.6 Å². The van der Waals surface area contributed by atoms with Gasteiger partial charge in [-0.2, -0.15) is 0 Å². The number of hydrogen-bond acceptors (Lipinski definition) is 4. The molecule has 0 unspecified atom stereocenters. The van der Waals surface area contributed by atoms with Crippen LogP contribution in [0, 0.1) is 13.8 Å². The molecule has 3 rings (SSSR count). The van der Waals surface area contributed by atoms with Gasteiger partial charge < -0.3 is 10.0 Å². The number of aliphatic hydroxyl groups excluding tert-OH is 1. The second-order valence-electron chi connectivity index (χ2n) is 6.43. The fourth-order valence-corrected chi connectivity index (χ4v) is 3.27. The predicted octanol–water partition coefficient (Wildman–Crippen LogP) is 2.38. The molecule has 0 spiro atoms. The van der Waals surface area contributed by atoms with Crippen LogP contribution < -0.4 is 4.90 Å². The molecule has 122 valence electrons. The minimum Gasteiger partial charge on any atom is -0.390 e. The fraction of sp³-hybridized carbons (Fsp3) is 0.421. The van der Waals surface area contributed by atoms with Gasteiger partial charge in [0, 0.05) is 49.8 Å². The van der Waals surface area contributed by atoms with Gasteiger partial charge in [-0.25, -0.2) is 0 Å². The number of hydrogen-bond donors (Lipinski definition) is 1. The number of nitrogens with zero attached hydrogens (tertiary/aromatic N) is 3. The Kier molecular flexibility index (Phi) is 4.94. The van der Waals surface area contributed by atoms with E-state index >= 15 is 0 Å². The molecule has 0 bridgehead atoms. The van der Waals surface area contributed by atoms with Crippen LogP contribution in [0.25, 0.3) is 0 Å². The molecule has 2 heterocycles. The molecule has 1 aliphatic heterocycles. The smallest absolute Gasteiger partial charge is 0.0841 e. The first-order valence-electron chi connectivity index (χ1n) is 8.25. The number of anilines is 1. The quantitative estimate of drug-likeness (QED) is 0.945. The summed E-state index contributed by atoms with van der Waals surface area (Å²) < 4.78 is 0. The van der Waals surface area contributed by atoms with Gasteiger partial charge in [-0.15, -0.1) is 0 Å². The zero-order chi connectivity index (χ0) is 16.2. The summed E-state index contributed by atoms with van der Waals surface area (Å²) in [5.41, 5.74) is 4.51. The first kappa shape index (κ1) is 16.0. The second-order valence-corrected chi connectivity index (χ2v) is 6.43. The lowest BCUT2D eigenvalue weighted by Crippen LogP contribution is -2.33. The SMILES string of the molecule is Cc1cc(N2CCN(Cc3ccccc3)C[C@@H](O)C2)cc(C)n1. The van der Waals surface area contributed by atoms with Crippen LogP contribution >= 0.6 is 0 Å². The van der Waals surface area contributed by atoms with Crippen molar-refractivity contribution >= 4 is 5.69 Å². The van der Waals surface area contributed by atoms with Crippen LogP contribution in [0.15, 0.2) is 42.5 Å². The number of benzene rings is 1. The molecule has 1 saturated heterocycles. The normalized spacial score (nSPS) is 19.6. The van der Waals surface area contributed by atoms with E-state index in [2.05, 4.69) is 51.2 Å². The Morgan fingerprint density at radius 1 is 1.04 bits per heavy atom. The molecule has 1 aliphatic rings. The zero-order valence-corrected chi connectivity index (χ0v) is 13.9. The second kappa shape index (κ2) is 7.11. The van der Waals surface area contributed by atoms with Crippen LogP contribution in [0.4, 0.5) is 5.69 Å². The first-order chi connectivity index (χ1) is 11.1. The summed E-state index contributed by atoms with van der Waals surface area (Å²) in [6.45, 7) is 8.20. The largest absolute Gasteiger partial charge is 0.390 e. The van der Waals surface area contributed by atoms with Crippen molar-refractivity contribution in [3.05, 3.63) is 59.4 Å². The molecule has 0 amide bonds. The summed E-state index contributed by atoms with van der Waals surface area (Å²) in [6, 6.07) is 14.7. The van der Waals surface area contributed by atoms with Gasteiger partial charge in [0.05, 0.1) is 6.10 Å². The van der Waals surface area contributed by atoms with Crippen molar-refractivity contribution in [2.45, 2.75) is 26.5 Å². The van der Waals surface area contributed by atoms with Crippen molar-refractivity contribution < 1.29 is 5.11 Å². The minimum absolute atomic E-state index is 0.338. The summed E-state index contributed by atoms with van der Waals surface area (Å²) in [6.07, 6.45) is -0.338. The van der Waals surface area contributed by atoms with Gasteiger partial charge in [0.1, 0.15) is 0 Å². The lowest BCUT2D eigenvalue weighted by molar-refractivity contribution is 0.129. The summed E-state index contributed by atoms with van der Waals surface area (Å²) in [7, 11) is 0. The highest BCUT2D eigenvalue weighted by Crippen LogP contribution is 2.19. The Morgan fingerprint density at radius 3 is 2.43 bits per heavy atom. The van der Waals surface area contributed by atoms with Crippen LogP contribution in [-0.4, -0.2) is 47.3 Å². The van der Waals surface area contributed by atoms with Crippen molar-refractivity contribution in [1.82, 2.24) is 9.88 Å². The van der Waals surface area contributed by atoms with E-state index in [0.29, 0.717) is 13.1 Å². The molecule has 4 heteroatoms. The lowest BCUT2D eigenvalue weighted by Gasteiger charge is -2.24. The van der Waals surface area contributed by atoms with Crippen LogP contribution in [0.1, 0.15) is 17.0 Å². The molecular weight excluding hydrogens is 286 g/mol. The number of aliphatic hydroxyl groups is 1. The van der Waals surface area contributed by atoms with Crippen molar-refractivity contribution in [1.29, 1.82) is 0 Å². The summed E-state index contributed by atoms with van der Waals surface area (Å²) in [5.74, 6) is 0. The van der Waals surface area contributed by atoms with Crippen molar-refractivity contribution in [2.24, 2.45) is 0 Å². The number of pyridine rings is 1. The van der Waals surface area contributed by atoms with Gasteiger partial charge in [-0.3, -0.25) is 9.88 Å². The molecule has 1 N–H and O–H groups in total. The predicted molar refractivity (Wildman–Crippen MR) is 93.6 cm³/mol. The van der Waals surface area contributed by atoms with Gasteiger partial charge >= 0.3 is 0 Å². The number of aryl methyl sites for hydroxylation is 2. The average Bonchev–Trinajstić information content (AvgIpc) is 2.69. The van der Waals surface area contributed by atoms with E-state index in [1.807, 2.05) is 19.9 Å². The summed E-state index contributed by atoms with van der Waals surface area (Å²) >= 11 is 0. The molecule has 2 aromatic rings. The third-order valence-electron chi connectivity index (χ3n) is 4.27. The minimum atomic E-state index is -0.338. The third-order valence-corrected chi connectivity index (χ3v) is 4.27. The van der Waals surface area contributed by atoms with E-state index in [-0.39, 0.29) is 6.10 Å². The highest BCUT2D eigenvalue weighted by Gasteiger charge is 2.21. The van der Waals surface area contributed by atoms with E-state index in [9.17, 15) is 5.11 Å². The third kappa shape index (κ3) is 4.30. The summed E-state index contributed by atoms with van der Waals surface area (Å²) in [5, 5.41) is 10.4. The Balaban J connectivity index is 1.70. The van der Waals surface area contributed by atoms with Crippen LogP contribution in [-0.2, 0) is 6.54 Å².